The van der Waals surface area contributed by atoms with Crippen molar-refractivity contribution in [3.63, 3.8) is 0 Å². The topological polar surface area (TPSA) is 46.5 Å². The molecule has 0 saturated heterocycles. The van der Waals surface area contributed by atoms with Crippen LogP contribution in [0.25, 0.3) is 0 Å². The SMILES string of the molecule is C[C@@](Oc1ccc(Br)cc1)(C(=O)O)c1ccccc1. The van der Waals surface area contributed by atoms with Gasteiger partial charge in [-0.3, -0.25) is 0 Å². The van der Waals surface area contributed by atoms with Crippen LogP contribution in [0.15, 0.2) is 59.1 Å². The van der Waals surface area contributed by atoms with Crippen LogP contribution >= 0.6 is 15.9 Å². The summed E-state index contributed by atoms with van der Waals surface area (Å²) in [4.78, 5) is 11.6. The van der Waals surface area contributed by atoms with Crippen molar-refractivity contribution < 1.29 is 14.6 Å². The Kier molecular flexibility index (Phi) is 3.90. The van der Waals surface area contributed by atoms with Crippen molar-refractivity contribution in [1.29, 1.82) is 0 Å². The molecule has 0 bridgehead atoms. The van der Waals surface area contributed by atoms with Gasteiger partial charge >= 0.3 is 5.97 Å². The molecule has 0 spiro atoms. The Bertz CT molecular complexity index is 566. The molecule has 0 radical (unpaired) electrons. The Labute approximate surface area is 120 Å². The number of rotatable bonds is 4. The lowest BCUT2D eigenvalue weighted by molar-refractivity contribution is -0.154. The van der Waals surface area contributed by atoms with E-state index in [0.29, 0.717) is 11.3 Å². The van der Waals surface area contributed by atoms with E-state index >= 15 is 0 Å². The third kappa shape index (κ3) is 2.96. The molecular weight excluding hydrogens is 308 g/mol. The van der Waals surface area contributed by atoms with E-state index in [0.717, 1.165) is 4.47 Å². The molecule has 0 aromatic heterocycles. The van der Waals surface area contributed by atoms with Gasteiger partial charge in [-0.15, -0.1) is 0 Å². The number of benzene rings is 2. The molecular formula is C15H13BrO3. The number of halogens is 1. The second-order valence-corrected chi connectivity index (χ2v) is 5.18. The second-order valence-electron chi connectivity index (χ2n) is 4.26. The maximum absolute atomic E-state index is 11.6. The van der Waals surface area contributed by atoms with Crippen molar-refractivity contribution in [2.75, 3.05) is 0 Å². The molecule has 4 heteroatoms. The largest absolute Gasteiger partial charge is 0.478 e. The Hall–Kier alpha value is -1.81. The molecule has 2 aromatic rings. The van der Waals surface area contributed by atoms with Crippen LogP contribution in [0.2, 0.25) is 0 Å². The summed E-state index contributed by atoms with van der Waals surface area (Å²) < 4.78 is 6.60. The van der Waals surface area contributed by atoms with Crippen LogP contribution in [-0.2, 0) is 10.4 Å². The minimum absolute atomic E-state index is 0.511. The summed E-state index contributed by atoms with van der Waals surface area (Å²) >= 11 is 3.33. The normalized spacial score (nSPS) is 13.6. The van der Waals surface area contributed by atoms with Crippen LogP contribution in [0.1, 0.15) is 12.5 Å². The van der Waals surface area contributed by atoms with Gasteiger partial charge in [-0.1, -0.05) is 46.3 Å². The molecule has 0 aliphatic heterocycles. The zero-order valence-corrected chi connectivity index (χ0v) is 11.9. The molecule has 3 nitrogen and oxygen atoms in total. The Balaban J connectivity index is 2.36. The van der Waals surface area contributed by atoms with Gasteiger partial charge in [0.15, 0.2) is 0 Å². The first-order valence-corrected chi connectivity index (χ1v) is 6.55. The summed E-state index contributed by atoms with van der Waals surface area (Å²) in [5.41, 5.74) is -0.805. The average Bonchev–Trinajstić information content (AvgIpc) is 2.42. The lowest BCUT2D eigenvalue weighted by Crippen LogP contribution is -2.38. The van der Waals surface area contributed by atoms with Gasteiger partial charge < -0.3 is 9.84 Å². The van der Waals surface area contributed by atoms with E-state index in [1.54, 1.807) is 43.3 Å². The first kappa shape index (κ1) is 13.6. The molecule has 19 heavy (non-hydrogen) atoms. The predicted octanol–water partition coefficient (Wildman–Crippen LogP) is 3.83. The van der Waals surface area contributed by atoms with Crippen LogP contribution in [-0.4, -0.2) is 11.1 Å². The zero-order chi connectivity index (χ0) is 13.9. The Morgan fingerprint density at radius 2 is 1.68 bits per heavy atom. The summed E-state index contributed by atoms with van der Waals surface area (Å²) in [6.45, 7) is 1.55. The van der Waals surface area contributed by atoms with Crippen molar-refractivity contribution in [2.24, 2.45) is 0 Å². The molecule has 0 amide bonds. The standard InChI is InChI=1S/C15H13BrO3/c1-15(14(17)18,11-5-3-2-4-6-11)19-13-9-7-12(16)8-10-13/h2-10H,1H3,(H,17,18)/t15-/m0/s1. The van der Waals surface area contributed by atoms with Crippen LogP contribution < -0.4 is 4.74 Å². The minimum Gasteiger partial charge on any atom is -0.478 e. The van der Waals surface area contributed by atoms with Gasteiger partial charge in [0.1, 0.15) is 5.75 Å². The van der Waals surface area contributed by atoms with E-state index in [9.17, 15) is 9.90 Å². The summed E-state index contributed by atoms with van der Waals surface area (Å²) in [6.07, 6.45) is 0. The van der Waals surface area contributed by atoms with Crippen molar-refractivity contribution >= 4 is 21.9 Å². The number of carbonyl (C=O) groups is 1. The van der Waals surface area contributed by atoms with Gasteiger partial charge in [0.2, 0.25) is 5.60 Å². The molecule has 2 rings (SSSR count). The maximum atomic E-state index is 11.6. The number of ether oxygens (including phenoxy) is 1. The molecule has 1 atom stereocenters. The van der Waals surface area contributed by atoms with Crippen LogP contribution in [0.3, 0.4) is 0 Å². The monoisotopic (exact) mass is 320 g/mol. The number of aliphatic carboxylic acids is 1. The van der Waals surface area contributed by atoms with Crippen molar-refractivity contribution in [2.45, 2.75) is 12.5 Å². The summed E-state index contributed by atoms with van der Waals surface area (Å²) in [5.74, 6) is -0.515. The van der Waals surface area contributed by atoms with E-state index in [2.05, 4.69) is 15.9 Å². The van der Waals surface area contributed by atoms with Crippen LogP contribution in [0.5, 0.6) is 5.75 Å². The molecule has 1 N–H and O–H groups in total. The minimum atomic E-state index is -1.41. The van der Waals surface area contributed by atoms with Gasteiger partial charge in [-0.2, -0.15) is 0 Å². The number of carboxylic acids is 1. The molecule has 0 unspecified atom stereocenters. The van der Waals surface area contributed by atoms with Crippen molar-refractivity contribution in [3.05, 3.63) is 64.6 Å². The van der Waals surface area contributed by atoms with Gasteiger partial charge in [-0.25, -0.2) is 4.79 Å². The van der Waals surface area contributed by atoms with E-state index in [1.165, 1.54) is 0 Å². The zero-order valence-electron chi connectivity index (χ0n) is 10.3. The van der Waals surface area contributed by atoms with E-state index < -0.39 is 11.6 Å². The van der Waals surface area contributed by atoms with Crippen LogP contribution in [0.4, 0.5) is 0 Å². The maximum Gasteiger partial charge on any atom is 0.352 e. The molecule has 98 valence electrons. The molecule has 0 heterocycles. The van der Waals surface area contributed by atoms with Crippen LogP contribution in [0, 0.1) is 0 Å². The van der Waals surface area contributed by atoms with Crippen molar-refractivity contribution in [1.82, 2.24) is 0 Å². The van der Waals surface area contributed by atoms with Crippen molar-refractivity contribution in [3.8, 4) is 5.75 Å². The first-order chi connectivity index (χ1) is 9.02. The third-order valence-electron chi connectivity index (χ3n) is 2.87. The van der Waals surface area contributed by atoms with Gasteiger partial charge in [-0.05, 0) is 31.2 Å². The quantitative estimate of drug-likeness (QED) is 0.931. The summed E-state index contributed by atoms with van der Waals surface area (Å²) in [5, 5.41) is 9.47. The third-order valence-corrected chi connectivity index (χ3v) is 3.40. The van der Waals surface area contributed by atoms with Gasteiger partial charge in [0.25, 0.3) is 0 Å². The lowest BCUT2D eigenvalue weighted by Gasteiger charge is -2.26. The molecule has 0 saturated carbocycles. The highest BCUT2D eigenvalue weighted by molar-refractivity contribution is 9.10. The molecule has 0 aliphatic rings. The van der Waals surface area contributed by atoms with E-state index in [-0.39, 0.29) is 0 Å². The van der Waals surface area contributed by atoms with E-state index in [4.69, 9.17) is 4.74 Å². The second kappa shape index (κ2) is 5.45. The fourth-order valence-electron chi connectivity index (χ4n) is 1.72. The highest BCUT2D eigenvalue weighted by Crippen LogP contribution is 2.29. The Morgan fingerprint density at radius 3 is 2.21 bits per heavy atom. The molecule has 0 aliphatic carbocycles. The summed E-state index contributed by atoms with van der Waals surface area (Å²) in [6, 6.07) is 16.0. The highest BCUT2D eigenvalue weighted by atomic mass is 79.9. The lowest BCUT2D eigenvalue weighted by atomic mass is 9.96. The Morgan fingerprint density at radius 1 is 1.11 bits per heavy atom. The highest BCUT2D eigenvalue weighted by Gasteiger charge is 2.37. The predicted molar refractivity (Wildman–Crippen MR) is 76.2 cm³/mol. The number of hydrogen-bond donors (Lipinski definition) is 1. The average molecular weight is 321 g/mol. The molecule has 0 fully saturated rings. The smallest absolute Gasteiger partial charge is 0.352 e. The first-order valence-electron chi connectivity index (χ1n) is 5.76. The van der Waals surface area contributed by atoms with E-state index in [1.807, 2.05) is 18.2 Å². The number of hydrogen-bond acceptors (Lipinski definition) is 2. The molecule has 2 aromatic carbocycles. The summed E-state index contributed by atoms with van der Waals surface area (Å²) in [7, 11) is 0. The van der Waals surface area contributed by atoms with Gasteiger partial charge in [0.05, 0.1) is 0 Å². The van der Waals surface area contributed by atoms with Gasteiger partial charge in [0, 0.05) is 10.0 Å². The fourth-order valence-corrected chi connectivity index (χ4v) is 1.98. The fraction of sp³-hybridized carbons (Fsp3) is 0.133. The number of carboxylic acid groups (broad SMARTS) is 1.